The zero-order chi connectivity index (χ0) is 17.0. The van der Waals surface area contributed by atoms with E-state index >= 15 is 0 Å². The van der Waals surface area contributed by atoms with Crippen molar-refractivity contribution in [3.05, 3.63) is 47.8 Å². The highest BCUT2D eigenvalue weighted by atomic mass is 19.1. The van der Waals surface area contributed by atoms with E-state index in [1.165, 1.54) is 12.1 Å². The summed E-state index contributed by atoms with van der Waals surface area (Å²) in [4.78, 5) is 9.85. The number of methoxy groups -OCH3 is 1. The van der Waals surface area contributed by atoms with Gasteiger partial charge < -0.3 is 14.5 Å². The van der Waals surface area contributed by atoms with Gasteiger partial charge in [-0.25, -0.2) is 9.37 Å². The largest absolute Gasteiger partial charge is 0.491 e. The fraction of sp³-hybridized carbons (Fsp3) is 0.500. The lowest BCUT2D eigenvalue weighted by atomic mass is 9.93. The molecule has 1 N–H and O–H groups in total. The molecule has 3 rings (SSSR count). The Labute approximate surface area is 141 Å². The van der Waals surface area contributed by atoms with E-state index in [-0.39, 0.29) is 11.4 Å². The number of halogens is 1. The molecule has 1 aromatic carbocycles. The van der Waals surface area contributed by atoms with Gasteiger partial charge >= 0.3 is 0 Å². The first kappa shape index (κ1) is 16.9. The van der Waals surface area contributed by atoms with Crippen LogP contribution in [-0.4, -0.2) is 47.3 Å². The third kappa shape index (κ3) is 3.94. The maximum atomic E-state index is 13.0. The van der Waals surface area contributed by atoms with Gasteiger partial charge in [0.1, 0.15) is 23.8 Å². The number of likely N-dealkylation sites (tertiary alicyclic amines) is 1. The molecule has 1 fully saturated rings. The molecule has 0 unspecified atom stereocenters. The van der Waals surface area contributed by atoms with Gasteiger partial charge in [-0.05, 0) is 50.6 Å². The summed E-state index contributed by atoms with van der Waals surface area (Å²) in [6, 6.07) is 6.10. The summed E-state index contributed by atoms with van der Waals surface area (Å²) in [5, 5.41) is 0. The van der Waals surface area contributed by atoms with Crippen LogP contribution in [0.5, 0.6) is 5.75 Å². The van der Waals surface area contributed by atoms with E-state index in [1.54, 1.807) is 25.6 Å². The van der Waals surface area contributed by atoms with Gasteiger partial charge in [-0.1, -0.05) is 0 Å². The van der Waals surface area contributed by atoms with Crippen molar-refractivity contribution in [1.82, 2.24) is 14.9 Å². The second kappa shape index (κ2) is 7.32. The van der Waals surface area contributed by atoms with Crippen LogP contribution in [-0.2, 0) is 11.3 Å². The van der Waals surface area contributed by atoms with Crippen molar-refractivity contribution in [2.75, 3.05) is 26.8 Å². The van der Waals surface area contributed by atoms with Crippen LogP contribution in [0.15, 0.2) is 30.6 Å². The van der Waals surface area contributed by atoms with Gasteiger partial charge in [0.2, 0.25) is 0 Å². The number of hydrogen-bond donors (Lipinski definition) is 1. The molecule has 0 saturated carbocycles. The minimum absolute atomic E-state index is 0.262. The van der Waals surface area contributed by atoms with Crippen molar-refractivity contribution in [2.45, 2.75) is 31.9 Å². The number of rotatable bonds is 6. The van der Waals surface area contributed by atoms with E-state index in [4.69, 9.17) is 9.47 Å². The quantitative estimate of drug-likeness (QED) is 0.883. The number of imidazole rings is 1. The molecule has 130 valence electrons. The molecule has 1 aromatic heterocycles. The van der Waals surface area contributed by atoms with E-state index in [0.717, 1.165) is 43.9 Å². The van der Waals surface area contributed by atoms with Crippen LogP contribution in [0.3, 0.4) is 0 Å². The van der Waals surface area contributed by atoms with Gasteiger partial charge in [-0.3, -0.25) is 4.90 Å². The lowest BCUT2D eigenvalue weighted by molar-refractivity contribution is -0.0910. The number of H-pyrrole nitrogens is 1. The number of aromatic amines is 1. The van der Waals surface area contributed by atoms with Crippen LogP contribution in [0.2, 0.25) is 0 Å². The standard InChI is InChI=1S/C18H24FN3O2/c1-14-17(21-13-20-14)10-22-9-3-8-18(11-22,23-2)12-24-16-6-4-15(19)5-7-16/h4-7,13H,3,8-12H2,1-2H3,(H,20,21)/t18-/m0/s1. The average molecular weight is 333 g/mol. The predicted octanol–water partition coefficient (Wildman–Crippen LogP) is 2.92. The average Bonchev–Trinajstić information content (AvgIpc) is 3.00. The third-order valence-corrected chi connectivity index (χ3v) is 4.67. The summed E-state index contributed by atoms with van der Waals surface area (Å²) < 4.78 is 24.7. The summed E-state index contributed by atoms with van der Waals surface area (Å²) in [5.41, 5.74) is 1.82. The van der Waals surface area contributed by atoms with Crippen molar-refractivity contribution >= 4 is 0 Å². The van der Waals surface area contributed by atoms with E-state index in [2.05, 4.69) is 14.9 Å². The molecule has 1 aliphatic heterocycles. The van der Waals surface area contributed by atoms with Gasteiger partial charge in [0.15, 0.2) is 0 Å². The first-order chi connectivity index (χ1) is 11.6. The zero-order valence-electron chi connectivity index (χ0n) is 14.2. The van der Waals surface area contributed by atoms with Crippen LogP contribution >= 0.6 is 0 Å². The maximum absolute atomic E-state index is 13.0. The molecule has 1 aliphatic rings. The van der Waals surface area contributed by atoms with Crippen LogP contribution < -0.4 is 4.74 Å². The van der Waals surface area contributed by atoms with Gasteiger partial charge in [0, 0.05) is 25.9 Å². The van der Waals surface area contributed by atoms with Crippen LogP contribution in [0.1, 0.15) is 24.2 Å². The van der Waals surface area contributed by atoms with Crippen molar-refractivity contribution < 1.29 is 13.9 Å². The molecule has 0 amide bonds. The summed E-state index contributed by atoms with van der Waals surface area (Å²) in [6.07, 6.45) is 3.72. The number of ether oxygens (including phenoxy) is 2. The molecule has 5 nitrogen and oxygen atoms in total. The lowest BCUT2D eigenvalue weighted by Gasteiger charge is -2.41. The molecule has 0 bridgehead atoms. The Kier molecular flexibility index (Phi) is 5.16. The van der Waals surface area contributed by atoms with Crippen LogP contribution in [0, 0.1) is 12.7 Å². The highest BCUT2D eigenvalue weighted by molar-refractivity contribution is 5.22. The summed E-state index contributed by atoms with van der Waals surface area (Å²) in [5.74, 6) is 0.398. The number of aromatic nitrogens is 2. The Balaban J connectivity index is 1.62. The van der Waals surface area contributed by atoms with Gasteiger partial charge in [-0.2, -0.15) is 0 Å². The molecule has 1 atom stereocenters. The minimum Gasteiger partial charge on any atom is -0.491 e. The molecular formula is C18H24FN3O2. The Morgan fingerprint density at radius 3 is 2.79 bits per heavy atom. The fourth-order valence-corrected chi connectivity index (χ4v) is 3.17. The molecule has 0 aliphatic carbocycles. The van der Waals surface area contributed by atoms with Crippen molar-refractivity contribution in [3.8, 4) is 5.75 Å². The SMILES string of the molecule is CO[C@@]1(COc2ccc(F)cc2)CCCN(Cc2nc[nH]c2C)C1. The highest BCUT2D eigenvalue weighted by Crippen LogP contribution is 2.27. The number of nitrogens with zero attached hydrogens (tertiary/aromatic N) is 2. The third-order valence-electron chi connectivity index (χ3n) is 4.67. The highest BCUT2D eigenvalue weighted by Gasteiger charge is 2.36. The number of piperidine rings is 1. The van der Waals surface area contributed by atoms with Gasteiger partial charge in [0.05, 0.1) is 12.0 Å². The molecule has 1 saturated heterocycles. The number of hydrogen-bond acceptors (Lipinski definition) is 4. The molecular weight excluding hydrogens is 309 g/mol. The molecule has 0 radical (unpaired) electrons. The van der Waals surface area contributed by atoms with Crippen LogP contribution in [0.25, 0.3) is 0 Å². The monoisotopic (exact) mass is 333 g/mol. The van der Waals surface area contributed by atoms with E-state index < -0.39 is 0 Å². The predicted molar refractivity (Wildman–Crippen MR) is 89.5 cm³/mol. The van der Waals surface area contributed by atoms with Crippen molar-refractivity contribution in [3.63, 3.8) is 0 Å². The number of nitrogens with one attached hydrogen (secondary N) is 1. The summed E-state index contributed by atoms with van der Waals surface area (Å²) in [6.45, 7) is 5.10. The van der Waals surface area contributed by atoms with E-state index in [9.17, 15) is 4.39 Å². The van der Waals surface area contributed by atoms with E-state index in [0.29, 0.717) is 12.4 Å². The van der Waals surface area contributed by atoms with Crippen molar-refractivity contribution in [2.24, 2.45) is 0 Å². The Morgan fingerprint density at radius 2 is 2.12 bits per heavy atom. The fourth-order valence-electron chi connectivity index (χ4n) is 3.17. The summed E-state index contributed by atoms with van der Waals surface area (Å²) >= 11 is 0. The molecule has 2 heterocycles. The van der Waals surface area contributed by atoms with E-state index in [1.807, 2.05) is 6.92 Å². The second-order valence-electron chi connectivity index (χ2n) is 6.42. The zero-order valence-corrected chi connectivity index (χ0v) is 14.2. The second-order valence-corrected chi connectivity index (χ2v) is 6.42. The number of benzene rings is 1. The molecule has 0 spiro atoms. The molecule has 2 aromatic rings. The van der Waals surface area contributed by atoms with Gasteiger partial charge in [0.25, 0.3) is 0 Å². The Hall–Kier alpha value is -1.92. The van der Waals surface area contributed by atoms with Crippen LogP contribution in [0.4, 0.5) is 4.39 Å². The first-order valence-electron chi connectivity index (χ1n) is 8.25. The Bertz CT molecular complexity index is 659. The normalized spacial score (nSPS) is 21.8. The van der Waals surface area contributed by atoms with Crippen molar-refractivity contribution in [1.29, 1.82) is 0 Å². The first-order valence-corrected chi connectivity index (χ1v) is 8.25. The molecule has 6 heteroatoms. The summed E-state index contributed by atoms with van der Waals surface area (Å²) in [7, 11) is 1.73. The maximum Gasteiger partial charge on any atom is 0.123 e. The minimum atomic E-state index is -0.350. The number of aryl methyl sites for hydroxylation is 1. The Morgan fingerprint density at radius 1 is 1.33 bits per heavy atom. The van der Waals surface area contributed by atoms with Gasteiger partial charge in [-0.15, -0.1) is 0 Å². The topological polar surface area (TPSA) is 50.4 Å². The lowest BCUT2D eigenvalue weighted by Crippen LogP contribution is -2.52. The molecule has 24 heavy (non-hydrogen) atoms. The smallest absolute Gasteiger partial charge is 0.123 e.